The number of hydrogen-bond donors (Lipinski definition) is 1. The van der Waals surface area contributed by atoms with Crippen molar-refractivity contribution in [2.24, 2.45) is 0 Å². The van der Waals surface area contributed by atoms with Gasteiger partial charge in [0.25, 0.3) is 0 Å². The number of pyridine rings is 1. The third-order valence-corrected chi connectivity index (χ3v) is 3.54. The van der Waals surface area contributed by atoms with Crippen molar-refractivity contribution in [3.63, 3.8) is 0 Å². The summed E-state index contributed by atoms with van der Waals surface area (Å²) in [6, 6.07) is 6.56. The van der Waals surface area contributed by atoms with E-state index in [1.54, 1.807) is 0 Å². The lowest BCUT2D eigenvalue weighted by atomic mass is 10.1. The Morgan fingerprint density at radius 3 is 2.90 bits per heavy atom. The lowest BCUT2D eigenvalue weighted by Gasteiger charge is -2.29. The smallest absolute Gasteiger partial charge is 0.215 e. The molecule has 1 saturated heterocycles. The standard InChI is InChI=1S/C16H27N3O/c1-5-20-15-10-6-9-14(18-15)19-11-7-8-13(19)12-17-16(2,3)4/h6,9-10,13,17H,5,7-8,11-12H2,1-4H3. The van der Waals surface area contributed by atoms with Gasteiger partial charge in [0.1, 0.15) is 5.82 Å². The summed E-state index contributed by atoms with van der Waals surface area (Å²) in [6.07, 6.45) is 2.46. The van der Waals surface area contributed by atoms with Crippen molar-refractivity contribution in [2.45, 2.75) is 52.1 Å². The second kappa shape index (κ2) is 6.44. The molecule has 1 aliphatic heterocycles. The zero-order valence-electron chi connectivity index (χ0n) is 13.1. The first-order valence-corrected chi connectivity index (χ1v) is 7.61. The van der Waals surface area contributed by atoms with Gasteiger partial charge in [0, 0.05) is 30.7 Å². The summed E-state index contributed by atoms with van der Waals surface area (Å²) in [5, 5.41) is 3.60. The summed E-state index contributed by atoms with van der Waals surface area (Å²) in [5.74, 6) is 1.76. The molecule has 4 nitrogen and oxygen atoms in total. The Labute approximate surface area is 122 Å². The third-order valence-electron chi connectivity index (χ3n) is 3.54. The molecule has 2 heterocycles. The number of ether oxygens (including phenoxy) is 1. The van der Waals surface area contributed by atoms with Crippen molar-refractivity contribution >= 4 is 5.82 Å². The van der Waals surface area contributed by atoms with Gasteiger partial charge in [-0.15, -0.1) is 0 Å². The predicted octanol–water partition coefficient (Wildman–Crippen LogP) is 2.84. The molecule has 4 heteroatoms. The first-order valence-electron chi connectivity index (χ1n) is 7.61. The van der Waals surface area contributed by atoms with E-state index in [9.17, 15) is 0 Å². The molecule has 1 aromatic heterocycles. The van der Waals surface area contributed by atoms with Crippen LogP contribution in [0.2, 0.25) is 0 Å². The van der Waals surface area contributed by atoms with Crippen molar-refractivity contribution in [3.05, 3.63) is 18.2 Å². The summed E-state index contributed by atoms with van der Waals surface area (Å²) >= 11 is 0. The van der Waals surface area contributed by atoms with E-state index >= 15 is 0 Å². The Balaban J connectivity index is 2.04. The largest absolute Gasteiger partial charge is 0.478 e. The van der Waals surface area contributed by atoms with Crippen LogP contribution in [0, 0.1) is 0 Å². The Hall–Kier alpha value is -1.29. The highest BCUT2D eigenvalue weighted by atomic mass is 16.5. The van der Waals surface area contributed by atoms with Gasteiger partial charge in [0.2, 0.25) is 5.88 Å². The highest BCUT2D eigenvalue weighted by Crippen LogP contribution is 2.25. The zero-order chi connectivity index (χ0) is 14.6. The van der Waals surface area contributed by atoms with E-state index < -0.39 is 0 Å². The van der Waals surface area contributed by atoms with Crippen molar-refractivity contribution < 1.29 is 4.74 Å². The van der Waals surface area contributed by atoms with Gasteiger partial charge in [-0.25, -0.2) is 0 Å². The molecule has 1 atom stereocenters. The number of hydrogen-bond acceptors (Lipinski definition) is 4. The van der Waals surface area contributed by atoms with Crippen LogP contribution in [-0.4, -0.2) is 36.3 Å². The van der Waals surface area contributed by atoms with Crippen molar-refractivity contribution in [3.8, 4) is 5.88 Å². The van der Waals surface area contributed by atoms with E-state index in [4.69, 9.17) is 4.74 Å². The molecule has 0 amide bonds. The van der Waals surface area contributed by atoms with Crippen LogP contribution in [0.15, 0.2) is 18.2 Å². The highest BCUT2D eigenvalue weighted by Gasteiger charge is 2.26. The summed E-state index contributed by atoms with van der Waals surface area (Å²) in [4.78, 5) is 7.02. The van der Waals surface area contributed by atoms with Crippen molar-refractivity contribution in [2.75, 3.05) is 24.6 Å². The average molecular weight is 277 g/mol. The number of aromatic nitrogens is 1. The molecule has 0 aromatic carbocycles. The number of nitrogens with one attached hydrogen (secondary N) is 1. The molecule has 2 rings (SSSR count). The molecule has 0 bridgehead atoms. The zero-order valence-corrected chi connectivity index (χ0v) is 13.1. The van der Waals surface area contributed by atoms with Crippen molar-refractivity contribution in [1.82, 2.24) is 10.3 Å². The first-order chi connectivity index (χ1) is 9.49. The van der Waals surface area contributed by atoms with Crippen molar-refractivity contribution in [1.29, 1.82) is 0 Å². The van der Waals surface area contributed by atoms with Crippen LogP contribution in [0.1, 0.15) is 40.5 Å². The molecule has 0 aliphatic carbocycles. The molecule has 1 fully saturated rings. The topological polar surface area (TPSA) is 37.4 Å². The second-order valence-corrected chi connectivity index (χ2v) is 6.39. The van der Waals surface area contributed by atoms with Gasteiger partial charge in [-0.2, -0.15) is 4.98 Å². The van der Waals surface area contributed by atoms with E-state index in [1.165, 1.54) is 12.8 Å². The maximum Gasteiger partial charge on any atom is 0.215 e. The van der Waals surface area contributed by atoms with E-state index in [0.717, 1.165) is 24.8 Å². The highest BCUT2D eigenvalue weighted by molar-refractivity contribution is 5.43. The van der Waals surface area contributed by atoms with Crippen LogP contribution >= 0.6 is 0 Å². The van der Waals surface area contributed by atoms with Gasteiger partial charge in [0.05, 0.1) is 6.61 Å². The van der Waals surface area contributed by atoms with Crippen LogP contribution in [0.4, 0.5) is 5.82 Å². The van der Waals surface area contributed by atoms with Crippen LogP contribution in [-0.2, 0) is 0 Å². The Bertz CT molecular complexity index is 428. The minimum atomic E-state index is 0.162. The van der Waals surface area contributed by atoms with Crippen LogP contribution in [0.5, 0.6) is 5.88 Å². The molecule has 20 heavy (non-hydrogen) atoms. The summed E-state index contributed by atoms with van der Waals surface area (Å²) in [6.45, 7) is 11.4. The van der Waals surface area contributed by atoms with Crippen LogP contribution < -0.4 is 15.0 Å². The molecular formula is C16H27N3O. The maximum absolute atomic E-state index is 5.50. The van der Waals surface area contributed by atoms with E-state index in [0.29, 0.717) is 12.6 Å². The molecule has 0 spiro atoms. The molecular weight excluding hydrogens is 250 g/mol. The average Bonchev–Trinajstić information content (AvgIpc) is 2.84. The molecule has 1 unspecified atom stereocenters. The van der Waals surface area contributed by atoms with Gasteiger partial charge < -0.3 is 15.0 Å². The fourth-order valence-corrected chi connectivity index (χ4v) is 2.57. The normalized spacial score (nSPS) is 19.4. The summed E-state index contributed by atoms with van der Waals surface area (Å²) in [7, 11) is 0. The fraction of sp³-hybridized carbons (Fsp3) is 0.688. The fourth-order valence-electron chi connectivity index (χ4n) is 2.57. The molecule has 1 aliphatic rings. The molecule has 0 saturated carbocycles. The number of rotatable bonds is 5. The van der Waals surface area contributed by atoms with E-state index in [1.807, 2.05) is 19.1 Å². The molecule has 1 aromatic rings. The molecule has 112 valence electrons. The quantitative estimate of drug-likeness (QED) is 0.898. The molecule has 0 radical (unpaired) electrons. The van der Waals surface area contributed by atoms with E-state index in [-0.39, 0.29) is 5.54 Å². The Kier molecular flexibility index (Phi) is 4.86. The third kappa shape index (κ3) is 4.10. The summed E-state index contributed by atoms with van der Waals surface area (Å²) in [5.41, 5.74) is 0.162. The van der Waals surface area contributed by atoms with Crippen LogP contribution in [0.3, 0.4) is 0 Å². The Morgan fingerprint density at radius 2 is 2.20 bits per heavy atom. The SMILES string of the molecule is CCOc1cccc(N2CCCC2CNC(C)(C)C)n1. The number of nitrogens with zero attached hydrogens (tertiary/aromatic N) is 2. The van der Waals surface area contributed by atoms with Gasteiger partial charge in [-0.05, 0) is 46.6 Å². The van der Waals surface area contributed by atoms with Crippen LogP contribution in [0.25, 0.3) is 0 Å². The van der Waals surface area contributed by atoms with Gasteiger partial charge in [0.15, 0.2) is 0 Å². The number of anilines is 1. The second-order valence-electron chi connectivity index (χ2n) is 6.39. The monoisotopic (exact) mass is 277 g/mol. The lowest BCUT2D eigenvalue weighted by molar-refractivity contribution is 0.326. The predicted molar refractivity (Wildman–Crippen MR) is 83.5 cm³/mol. The van der Waals surface area contributed by atoms with Gasteiger partial charge in [-0.1, -0.05) is 6.07 Å². The lowest BCUT2D eigenvalue weighted by Crippen LogP contribution is -2.45. The summed E-state index contributed by atoms with van der Waals surface area (Å²) < 4.78 is 5.50. The first kappa shape index (κ1) is 15.1. The van der Waals surface area contributed by atoms with E-state index in [2.05, 4.69) is 42.0 Å². The molecule has 1 N–H and O–H groups in total. The van der Waals surface area contributed by atoms with Gasteiger partial charge in [-0.3, -0.25) is 0 Å². The Morgan fingerprint density at radius 1 is 1.40 bits per heavy atom. The minimum absolute atomic E-state index is 0.162. The van der Waals surface area contributed by atoms with Gasteiger partial charge >= 0.3 is 0 Å². The minimum Gasteiger partial charge on any atom is -0.478 e. The maximum atomic E-state index is 5.50.